The van der Waals surface area contributed by atoms with Gasteiger partial charge in [0.2, 0.25) is 0 Å². The first-order valence-electron chi connectivity index (χ1n) is 5.77. The first kappa shape index (κ1) is 10.5. The van der Waals surface area contributed by atoms with E-state index in [0.29, 0.717) is 11.7 Å². The minimum atomic E-state index is 0.0189. The number of hydrogen-bond donors (Lipinski definition) is 0. The van der Waals surface area contributed by atoms with Crippen LogP contribution in [-0.2, 0) is 0 Å². The lowest BCUT2D eigenvalue weighted by Gasteiger charge is -2.24. The van der Waals surface area contributed by atoms with E-state index in [9.17, 15) is 4.79 Å². The van der Waals surface area contributed by atoms with Gasteiger partial charge in [-0.2, -0.15) is 0 Å². The summed E-state index contributed by atoms with van der Waals surface area (Å²) in [5.41, 5.74) is 0. The summed E-state index contributed by atoms with van der Waals surface area (Å²) in [6.45, 7) is 3.85. The summed E-state index contributed by atoms with van der Waals surface area (Å²) in [6, 6.07) is 3.77. The maximum atomic E-state index is 11.1. The molecule has 82 valence electrons. The third-order valence-electron chi connectivity index (χ3n) is 3.39. The monoisotopic (exact) mass is 206 g/mol. The summed E-state index contributed by atoms with van der Waals surface area (Å²) in [7, 11) is 0. The second-order valence-corrected chi connectivity index (χ2v) is 4.71. The molecule has 0 aliphatic heterocycles. The molecule has 15 heavy (non-hydrogen) atoms. The largest absolute Gasteiger partial charge is 0.458 e. The van der Waals surface area contributed by atoms with Crippen LogP contribution in [0.5, 0.6) is 0 Å². The smallest absolute Gasteiger partial charge is 0.194 e. The van der Waals surface area contributed by atoms with E-state index >= 15 is 0 Å². The SMILES string of the molecule is CC(=O)c1ccc(C2CCC(C)CC2)o1. The fourth-order valence-electron chi connectivity index (χ4n) is 2.31. The van der Waals surface area contributed by atoms with Gasteiger partial charge < -0.3 is 4.42 Å². The molecule has 1 aliphatic rings. The molecule has 0 spiro atoms. The standard InChI is InChI=1S/C13H18O2/c1-9-3-5-11(6-4-9)13-8-7-12(15-13)10(2)14/h7-9,11H,3-6H2,1-2H3. The Morgan fingerprint density at radius 3 is 2.47 bits per heavy atom. The van der Waals surface area contributed by atoms with E-state index in [4.69, 9.17) is 4.42 Å². The summed E-state index contributed by atoms with van der Waals surface area (Å²) in [4.78, 5) is 11.1. The average molecular weight is 206 g/mol. The maximum Gasteiger partial charge on any atom is 0.194 e. The zero-order valence-electron chi connectivity index (χ0n) is 9.45. The van der Waals surface area contributed by atoms with Crippen LogP contribution in [0.3, 0.4) is 0 Å². The van der Waals surface area contributed by atoms with Crippen molar-refractivity contribution in [3.05, 3.63) is 23.7 Å². The molecule has 1 aromatic rings. The minimum absolute atomic E-state index is 0.0189. The summed E-state index contributed by atoms with van der Waals surface area (Å²) in [5.74, 6) is 2.92. The van der Waals surface area contributed by atoms with Crippen LogP contribution in [0.25, 0.3) is 0 Å². The highest BCUT2D eigenvalue weighted by molar-refractivity contribution is 5.91. The Labute approximate surface area is 90.7 Å². The number of rotatable bonds is 2. The minimum Gasteiger partial charge on any atom is -0.458 e. The zero-order chi connectivity index (χ0) is 10.8. The fourth-order valence-corrected chi connectivity index (χ4v) is 2.31. The molecule has 2 heteroatoms. The Kier molecular flexibility index (Phi) is 2.94. The number of hydrogen-bond acceptors (Lipinski definition) is 2. The predicted molar refractivity (Wildman–Crippen MR) is 59.1 cm³/mol. The quantitative estimate of drug-likeness (QED) is 0.689. The molecule has 0 N–H and O–H groups in total. The molecule has 1 aromatic heterocycles. The molecular formula is C13H18O2. The molecule has 1 aliphatic carbocycles. The fraction of sp³-hybridized carbons (Fsp3) is 0.615. The average Bonchev–Trinajstić information content (AvgIpc) is 2.68. The highest BCUT2D eigenvalue weighted by Gasteiger charge is 2.22. The van der Waals surface area contributed by atoms with E-state index in [-0.39, 0.29) is 5.78 Å². The van der Waals surface area contributed by atoms with E-state index in [0.717, 1.165) is 11.7 Å². The van der Waals surface area contributed by atoms with E-state index < -0.39 is 0 Å². The van der Waals surface area contributed by atoms with E-state index in [1.165, 1.54) is 25.7 Å². The molecule has 0 atom stereocenters. The third-order valence-corrected chi connectivity index (χ3v) is 3.39. The highest BCUT2D eigenvalue weighted by Crippen LogP contribution is 2.36. The lowest BCUT2D eigenvalue weighted by atomic mass is 9.82. The second-order valence-electron chi connectivity index (χ2n) is 4.71. The molecule has 0 aromatic carbocycles. The van der Waals surface area contributed by atoms with Crippen LogP contribution >= 0.6 is 0 Å². The van der Waals surface area contributed by atoms with Crippen molar-refractivity contribution in [3.63, 3.8) is 0 Å². The van der Waals surface area contributed by atoms with Crippen LogP contribution < -0.4 is 0 Å². The van der Waals surface area contributed by atoms with Gasteiger partial charge in [-0.1, -0.05) is 19.8 Å². The lowest BCUT2D eigenvalue weighted by Crippen LogP contribution is -2.10. The summed E-state index contributed by atoms with van der Waals surface area (Å²) >= 11 is 0. The molecular weight excluding hydrogens is 188 g/mol. The van der Waals surface area contributed by atoms with Crippen LogP contribution in [-0.4, -0.2) is 5.78 Å². The number of Topliss-reactive ketones (excluding diaryl/α,β-unsaturated/α-hetero) is 1. The molecule has 1 fully saturated rings. The Morgan fingerprint density at radius 1 is 1.27 bits per heavy atom. The molecule has 2 rings (SSSR count). The number of carbonyl (C=O) groups excluding carboxylic acids is 1. The van der Waals surface area contributed by atoms with E-state index in [1.54, 1.807) is 13.0 Å². The van der Waals surface area contributed by atoms with Crippen molar-refractivity contribution in [3.8, 4) is 0 Å². The normalized spacial score (nSPS) is 26.5. The number of carbonyl (C=O) groups is 1. The van der Waals surface area contributed by atoms with Crippen LogP contribution in [0.4, 0.5) is 0 Å². The number of furan rings is 1. The van der Waals surface area contributed by atoms with Gasteiger partial charge in [-0.05, 0) is 30.9 Å². The van der Waals surface area contributed by atoms with Crippen LogP contribution in [0, 0.1) is 5.92 Å². The first-order valence-corrected chi connectivity index (χ1v) is 5.77. The third kappa shape index (κ3) is 2.31. The Hall–Kier alpha value is -1.05. The van der Waals surface area contributed by atoms with Crippen molar-refractivity contribution in [2.24, 2.45) is 5.92 Å². The van der Waals surface area contributed by atoms with Gasteiger partial charge in [0.25, 0.3) is 0 Å². The molecule has 0 bridgehead atoms. The van der Waals surface area contributed by atoms with Crippen molar-refractivity contribution >= 4 is 5.78 Å². The van der Waals surface area contributed by atoms with Crippen molar-refractivity contribution in [2.75, 3.05) is 0 Å². The summed E-state index contributed by atoms with van der Waals surface area (Å²) < 4.78 is 5.57. The number of ketones is 1. The van der Waals surface area contributed by atoms with E-state index in [1.807, 2.05) is 6.07 Å². The van der Waals surface area contributed by atoms with Gasteiger partial charge in [-0.15, -0.1) is 0 Å². The van der Waals surface area contributed by atoms with Gasteiger partial charge in [-0.3, -0.25) is 4.79 Å². The van der Waals surface area contributed by atoms with Crippen molar-refractivity contribution in [1.29, 1.82) is 0 Å². The van der Waals surface area contributed by atoms with Gasteiger partial charge in [0.1, 0.15) is 5.76 Å². The van der Waals surface area contributed by atoms with Gasteiger partial charge in [0, 0.05) is 12.8 Å². The Balaban J connectivity index is 2.06. The summed E-state index contributed by atoms with van der Waals surface area (Å²) in [6.07, 6.45) is 4.96. The Morgan fingerprint density at radius 2 is 1.93 bits per heavy atom. The van der Waals surface area contributed by atoms with Gasteiger partial charge >= 0.3 is 0 Å². The molecule has 0 amide bonds. The van der Waals surface area contributed by atoms with Crippen molar-refractivity contribution < 1.29 is 9.21 Å². The molecule has 0 saturated heterocycles. The van der Waals surface area contributed by atoms with Crippen molar-refractivity contribution in [1.82, 2.24) is 0 Å². The lowest BCUT2D eigenvalue weighted by molar-refractivity contribution is 0.0984. The van der Waals surface area contributed by atoms with E-state index in [2.05, 4.69) is 6.92 Å². The van der Waals surface area contributed by atoms with Gasteiger partial charge in [0.15, 0.2) is 11.5 Å². The Bertz CT molecular complexity index is 343. The van der Waals surface area contributed by atoms with Crippen LogP contribution in [0.15, 0.2) is 16.5 Å². The predicted octanol–water partition coefficient (Wildman–Crippen LogP) is 3.78. The topological polar surface area (TPSA) is 30.2 Å². The summed E-state index contributed by atoms with van der Waals surface area (Å²) in [5, 5.41) is 0. The van der Waals surface area contributed by atoms with Crippen LogP contribution in [0.1, 0.15) is 61.8 Å². The van der Waals surface area contributed by atoms with Crippen LogP contribution in [0.2, 0.25) is 0 Å². The zero-order valence-corrected chi connectivity index (χ0v) is 9.45. The molecule has 0 radical (unpaired) electrons. The highest BCUT2D eigenvalue weighted by atomic mass is 16.3. The molecule has 1 saturated carbocycles. The molecule has 0 unspecified atom stereocenters. The van der Waals surface area contributed by atoms with Crippen molar-refractivity contribution in [2.45, 2.75) is 45.4 Å². The molecule has 2 nitrogen and oxygen atoms in total. The van der Waals surface area contributed by atoms with Gasteiger partial charge in [0.05, 0.1) is 0 Å². The van der Waals surface area contributed by atoms with Gasteiger partial charge in [-0.25, -0.2) is 0 Å². The molecule has 1 heterocycles. The second kappa shape index (κ2) is 4.21. The maximum absolute atomic E-state index is 11.1. The first-order chi connectivity index (χ1) is 7.16.